The Balaban J connectivity index is 1.75. The number of hydrogen-bond donors (Lipinski definition) is 0. The number of benzene rings is 3. The molecule has 0 aliphatic rings. The Morgan fingerprint density at radius 1 is 0.926 bits per heavy atom. The van der Waals surface area contributed by atoms with E-state index in [9.17, 15) is 4.79 Å². The number of imidazole rings is 1. The number of halogens is 1. The normalized spacial score (nSPS) is 11.3. The van der Waals surface area contributed by atoms with Gasteiger partial charge in [0.05, 0.1) is 17.6 Å². The van der Waals surface area contributed by atoms with Crippen molar-refractivity contribution in [2.24, 2.45) is 0 Å². The maximum absolute atomic E-state index is 12.9. The molecule has 0 aliphatic heterocycles. The molecular weight excluding hydrogens is 356 g/mol. The first-order valence-electron chi connectivity index (χ1n) is 8.68. The van der Waals surface area contributed by atoms with Crippen molar-refractivity contribution in [3.63, 3.8) is 0 Å². The van der Waals surface area contributed by atoms with Gasteiger partial charge in [0.2, 0.25) is 5.78 Å². The first kappa shape index (κ1) is 17.3. The summed E-state index contributed by atoms with van der Waals surface area (Å²) in [6, 6.07) is 25.1. The minimum Gasteiger partial charge on any atom is -0.317 e. The molecule has 4 rings (SSSR count). The van der Waals surface area contributed by atoms with Gasteiger partial charge in [0.15, 0.2) is 5.82 Å². The molecule has 0 bridgehead atoms. The second kappa shape index (κ2) is 7.60. The quantitative estimate of drug-likeness (QED) is 0.336. The van der Waals surface area contributed by atoms with E-state index in [1.54, 1.807) is 6.08 Å². The van der Waals surface area contributed by atoms with Crippen LogP contribution in [0.3, 0.4) is 0 Å². The van der Waals surface area contributed by atoms with Crippen molar-refractivity contribution in [1.82, 2.24) is 9.55 Å². The first-order chi connectivity index (χ1) is 13.2. The Labute approximate surface area is 162 Å². The van der Waals surface area contributed by atoms with Crippen molar-refractivity contribution in [2.45, 2.75) is 6.54 Å². The first-order valence-corrected chi connectivity index (χ1v) is 9.06. The van der Waals surface area contributed by atoms with E-state index in [0.717, 1.165) is 22.2 Å². The number of hydrogen-bond acceptors (Lipinski definition) is 2. The monoisotopic (exact) mass is 372 g/mol. The summed E-state index contributed by atoms with van der Waals surface area (Å²) in [7, 11) is 0. The standard InChI is InChI=1S/C23H17ClN2O/c24-19-11-5-4-10-18(19)16-26-21-13-7-6-12-20(21)25-23(26)22(27)15-14-17-8-2-1-3-9-17/h1-15H,16H2. The largest absolute Gasteiger partial charge is 0.317 e. The van der Waals surface area contributed by atoms with Crippen LogP contribution in [0, 0.1) is 0 Å². The van der Waals surface area contributed by atoms with Crippen molar-refractivity contribution in [2.75, 3.05) is 0 Å². The van der Waals surface area contributed by atoms with Crippen LogP contribution in [0.4, 0.5) is 0 Å². The summed E-state index contributed by atoms with van der Waals surface area (Å²) in [5.74, 6) is 0.269. The van der Waals surface area contributed by atoms with E-state index in [1.807, 2.05) is 89.5 Å². The van der Waals surface area contributed by atoms with E-state index in [0.29, 0.717) is 17.4 Å². The lowest BCUT2D eigenvalue weighted by atomic mass is 10.2. The molecule has 0 spiro atoms. The molecule has 3 nitrogen and oxygen atoms in total. The van der Waals surface area contributed by atoms with E-state index in [1.165, 1.54) is 0 Å². The average molecular weight is 373 g/mol. The highest BCUT2D eigenvalue weighted by Crippen LogP contribution is 2.22. The van der Waals surface area contributed by atoms with E-state index in [-0.39, 0.29) is 5.78 Å². The summed E-state index contributed by atoms with van der Waals surface area (Å²) in [6.07, 6.45) is 3.38. The van der Waals surface area contributed by atoms with Gasteiger partial charge in [0.25, 0.3) is 0 Å². The maximum Gasteiger partial charge on any atom is 0.221 e. The lowest BCUT2D eigenvalue weighted by Crippen LogP contribution is -2.10. The Morgan fingerprint density at radius 3 is 2.44 bits per heavy atom. The van der Waals surface area contributed by atoms with Gasteiger partial charge in [-0.2, -0.15) is 0 Å². The van der Waals surface area contributed by atoms with Gasteiger partial charge in [0, 0.05) is 5.02 Å². The van der Waals surface area contributed by atoms with Crippen molar-refractivity contribution in [3.8, 4) is 0 Å². The van der Waals surface area contributed by atoms with Gasteiger partial charge in [-0.1, -0.05) is 78.3 Å². The molecule has 0 fully saturated rings. The minimum atomic E-state index is -0.137. The second-order valence-corrected chi connectivity index (χ2v) is 6.62. The zero-order valence-electron chi connectivity index (χ0n) is 14.5. The van der Waals surface area contributed by atoms with Gasteiger partial charge >= 0.3 is 0 Å². The predicted molar refractivity (Wildman–Crippen MR) is 110 cm³/mol. The summed E-state index contributed by atoms with van der Waals surface area (Å²) < 4.78 is 1.92. The third-order valence-electron chi connectivity index (χ3n) is 4.39. The number of allylic oxidation sites excluding steroid dienone is 1. The summed E-state index contributed by atoms with van der Waals surface area (Å²) in [5.41, 5.74) is 3.62. The van der Waals surface area contributed by atoms with Crippen LogP contribution in [0.5, 0.6) is 0 Å². The molecule has 0 unspecified atom stereocenters. The number of aromatic nitrogens is 2. The summed E-state index contributed by atoms with van der Waals surface area (Å²) in [5, 5.41) is 0.675. The molecule has 0 amide bonds. The van der Waals surface area contributed by atoms with Crippen molar-refractivity contribution >= 4 is 34.5 Å². The fourth-order valence-electron chi connectivity index (χ4n) is 3.03. The van der Waals surface area contributed by atoms with Crippen LogP contribution in [0.1, 0.15) is 21.7 Å². The van der Waals surface area contributed by atoms with Gasteiger partial charge in [0.1, 0.15) is 0 Å². The highest BCUT2D eigenvalue weighted by molar-refractivity contribution is 6.31. The number of para-hydroxylation sites is 2. The van der Waals surface area contributed by atoms with Gasteiger partial charge in [-0.05, 0) is 35.4 Å². The Hall–Kier alpha value is -3.17. The molecule has 1 aromatic heterocycles. The smallest absolute Gasteiger partial charge is 0.221 e. The lowest BCUT2D eigenvalue weighted by Gasteiger charge is -2.09. The summed E-state index contributed by atoms with van der Waals surface area (Å²) in [6.45, 7) is 0.487. The van der Waals surface area contributed by atoms with Crippen molar-refractivity contribution < 1.29 is 4.79 Å². The zero-order valence-corrected chi connectivity index (χ0v) is 15.3. The summed E-state index contributed by atoms with van der Waals surface area (Å²) >= 11 is 6.33. The molecule has 0 radical (unpaired) electrons. The van der Waals surface area contributed by atoms with Gasteiger partial charge < -0.3 is 4.57 Å². The number of ketones is 1. The van der Waals surface area contributed by atoms with Crippen molar-refractivity contribution in [3.05, 3.63) is 107 Å². The number of carbonyl (C=O) groups is 1. The molecule has 0 saturated carbocycles. The third-order valence-corrected chi connectivity index (χ3v) is 4.76. The van der Waals surface area contributed by atoms with Crippen LogP contribution in [0.25, 0.3) is 17.1 Å². The fraction of sp³-hybridized carbons (Fsp3) is 0.0435. The van der Waals surface area contributed by atoms with Crippen molar-refractivity contribution in [1.29, 1.82) is 0 Å². The van der Waals surface area contributed by atoms with E-state index in [4.69, 9.17) is 11.6 Å². The molecule has 27 heavy (non-hydrogen) atoms. The number of carbonyl (C=O) groups excluding carboxylic acids is 1. The van der Waals surface area contributed by atoms with Crippen LogP contribution < -0.4 is 0 Å². The Morgan fingerprint density at radius 2 is 1.63 bits per heavy atom. The van der Waals surface area contributed by atoms with Gasteiger partial charge in [-0.25, -0.2) is 4.98 Å². The summed E-state index contributed by atoms with van der Waals surface area (Å²) in [4.78, 5) is 17.5. The molecular formula is C23H17ClN2O. The number of fused-ring (bicyclic) bond motifs is 1. The number of nitrogens with zero attached hydrogens (tertiary/aromatic N) is 2. The molecule has 1 heterocycles. The van der Waals surface area contributed by atoms with Crippen LogP contribution in [0.15, 0.2) is 84.9 Å². The molecule has 0 aliphatic carbocycles. The molecule has 4 heteroatoms. The Kier molecular flexibility index (Phi) is 4.86. The lowest BCUT2D eigenvalue weighted by molar-refractivity contribution is 0.103. The van der Waals surface area contributed by atoms with Gasteiger partial charge in [-0.15, -0.1) is 0 Å². The van der Waals surface area contributed by atoms with E-state index >= 15 is 0 Å². The zero-order chi connectivity index (χ0) is 18.6. The second-order valence-electron chi connectivity index (χ2n) is 6.21. The molecule has 3 aromatic carbocycles. The van der Waals surface area contributed by atoms with Crippen LogP contribution in [-0.4, -0.2) is 15.3 Å². The van der Waals surface area contributed by atoms with Crippen LogP contribution >= 0.6 is 11.6 Å². The molecule has 132 valence electrons. The third kappa shape index (κ3) is 3.69. The van der Waals surface area contributed by atoms with Crippen LogP contribution in [0.2, 0.25) is 5.02 Å². The SMILES string of the molecule is O=C(C=Cc1ccccc1)c1nc2ccccc2n1Cc1ccccc1Cl. The average Bonchev–Trinajstić information content (AvgIpc) is 3.07. The van der Waals surface area contributed by atoms with E-state index < -0.39 is 0 Å². The maximum atomic E-state index is 12.9. The fourth-order valence-corrected chi connectivity index (χ4v) is 3.23. The molecule has 0 atom stereocenters. The highest BCUT2D eigenvalue weighted by atomic mass is 35.5. The Bertz CT molecular complexity index is 1130. The highest BCUT2D eigenvalue weighted by Gasteiger charge is 2.16. The van der Waals surface area contributed by atoms with Crippen LogP contribution in [-0.2, 0) is 6.54 Å². The van der Waals surface area contributed by atoms with E-state index in [2.05, 4.69) is 4.98 Å². The number of rotatable bonds is 5. The molecule has 4 aromatic rings. The van der Waals surface area contributed by atoms with Gasteiger partial charge in [-0.3, -0.25) is 4.79 Å². The molecule has 0 N–H and O–H groups in total. The molecule has 0 saturated heterocycles. The predicted octanol–water partition coefficient (Wildman–Crippen LogP) is 5.63. The minimum absolute atomic E-state index is 0.137. The topological polar surface area (TPSA) is 34.9 Å².